The zero-order valence-electron chi connectivity index (χ0n) is 12.8. The fourth-order valence-electron chi connectivity index (χ4n) is 2.64. The standard InChI is InChI=1S/C16H23BrN2OS.ClH/c1-11(21-15-7-5-13(17)6-8-15)10-19-16(20)12-3-2-4-14(18)9-12;/h5-8,11-12,14H,2-4,9-10,18H2,1H3,(H,19,20);1H. The summed E-state index contributed by atoms with van der Waals surface area (Å²) >= 11 is 5.22. The molecule has 0 aromatic heterocycles. The van der Waals surface area contributed by atoms with Gasteiger partial charge < -0.3 is 11.1 Å². The predicted octanol–water partition coefficient (Wildman–Crippen LogP) is 3.99. The number of hydrogen-bond donors (Lipinski definition) is 2. The van der Waals surface area contributed by atoms with Crippen LogP contribution in [0.15, 0.2) is 33.6 Å². The van der Waals surface area contributed by atoms with Gasteiger partial charge in [0.25, 0.3) is 0 Å². The first-order valence-electron chi connectivity index (χ1n) is 7.50. The fraction of sp³-hybridized carbons (Fsp3) is 0.562. The highest BCUT2D eigenvalue weighted by Crippen LogP contribution is 2.25. The maximum absolute atomic E-state index is 12.2. The van der Waals surface area contributed by atoms with Crippen molar-refractivity contribution in [1.82, 2.24) is 5.32 Å². The van der Waals surface area contributed by atoms with E-state index in [-0.39, 0.29) is 30.3 Å². The zero-order valence-corrected chi connectivity index (χ0v) is 16.0. The number of benzene rings is 1. The summed E-state index contributed by atoms with van der Waals surface area (Å²) in [6, 6.07) is 8.46. The summed E-state index contributed by atoms with van der Waals surface area (Å²) in [6.45, 7) is 2.84. The Morgan fingerprint density at radius 2 is 2.09 bits per heavy atom. The number of nitrogens with one attached hydrogen (secondary N) is 1. The van der Waals surface area contributed by atoms with E-state index in [0.29, 0.717) is 11.8 Å². The second kappa shape index (κ2) is 9.81. The smallest absolute Gasteiger partial charge is 0.223 e. The van der Waals surface area contributed by atoms with Crippen molar-refractivity contribution in [2.45, 2.75) is 48.8 Å². The molecule has 2 rings (SSSR count). The Kier molecular flexibility index (Phi) is 8.83. The average molecular weight is 408 g/mol. The lowest BCUT2D eigenvalue weighted by Crippen LogP contribution is -2.39. The molecule has 1 aromatic rings. The molecule has 0 bridgehead atoms. The van der Waals surface area contributed by atoms with Crippen molar-refractivity contribution in [1.29, 1.82) is 0 Å². The van der Waals surface area contributed by atoms with E-state index in [4.69, 9.17) is 5.73 Å². The molecule has 22 heavy (non-hydrogen) atoms. The lowest BCUT2D eigenvalue weighted by Gasteiger charge is -2.26. The van der Waals surface area contributed by atoms with Gasteiger partial charge in [-0.1, -0.05) is 29.3 Å². The van der Waals surface area contributed by atoms with Crippen molar-refractivity contribution in [2.75, 3.05) is 6.54 Å². The highest BCUT2D eigenvalue weighted by Gasteiger charge is 2.25. The van der Waals surface area contributed by atoms with E-state index in [0.717, 1.165) is 30.2 Å². The van der Waals surface area contributed by atoms with Crippen LogP contribution in [0.1, 0.15) is 32.6 Å². The molecule has 1 aliphatic carbocycles. The summed E-state index contributed by atoms with van der Waals surface area (Å²) in [6.07, 6.45) is 3.94. The Hall–Kier alpha value is -0.230. The predicted molar refractivity (Wildman–Crippen MR) is 99.7 cm³/mol. The minimum atomic E-state index is 0. The first-order valence-corrected chi connectivity index (χ1v) is 9.17. The van der Waals surface area contributed by atoms with Gasteiger partial charge in [-0.05, 0) is 43.5 Å². The molecule has 0 aliphatic heterocycles. The fourth-order valence-corrected chi connectivity index (χ4v) is 3.83. The summed E-state index contributed by atoms with van der Waals surface area (Å²) in [4.78, 5) is 13.4. The first-order chi connectivity index (χ1) is 10.0. The van der Waals surface area contributed by atoms with E-state index in [1.54, 1.807) is 11.8 Å². The SMILES string of the molecule is CC(CNC(=O)C1CCCC(N)C1)Sc1ccc(Br)cc1.Cl. The topological polar surface area (TPSA) is 55.1 Å². The van der Waals surface area contributed by atoms with E-state index in [1.165, 1.54) is 4.90 Å². The Morgan fingerprint density at radius 1 is 1.41 bits per heavy atom. The van der Waals surface area contributed by atoms with Gasteiger partial charge in [-0.3, -0.25) is 4.79 Å². The second-order valence-electron chi connectivity index (χ2n) is 5.75. The van der Waals surface area contributed by atoms with Gasteiger partial charge in [0.15, 0.2) is 0 Å². The molecular formula is C16H24BrClN2OS. The van der Waals surface area contributed by atoms with Crippen LogP contribution < -0.4 is 11.1 Å². The Labute approximate surface area is 151 Å². The molecule has 1 fully saturated rings. The summed E-state index contributed by atoms with van der Waals surface area (Å²) in [7, 11) is 0. The van der Waals surface area contributed by atoms with Crippen LogP contribution >= 0.6 is 40.1 Å². The third-order valence-corrected chi connectivity index (χ3v) is 5.44. The summed E-state index contributed by atoms with van der Waals surface area (Å²) in [5.41, 5.74) is 5.95. The van der Waals surface area contributed by atoms with Gasteiger partial charge in [0, 0.05) is 33.1 Å². The molecule has 0 heterocycles. The van der Waals surface area contributed by atoms with Crippen LogP contribution in [0.3, 0.4) is 0 Å². The summed E-state index contributed by atoms with van der Waals surface area (Å²) in [5, 5.41) is 3.43. The zero-order chi connectivity index (χ0) is 15.2. The van der Waals surface area contributed by atoms with E-state index < -0.39 is 0 Å². The molecule has 3 N–H and O–H groups in total. The minimum Gasteiger partial charge on any atom is -0.355 e. The third kappa shape index (κ3) is 6.49. The molecule has 124 valence electrons. The van der Waals surface area contributed by atoms with Crippen molar-refractivity contribution in [2.24, 2.45) is 11.7 Å². The van der Waals surface area contributed by atoms with Gasteiger partial charge in [-0.15, -0.1) is 24.2 Å². The molecule has 3 atom stereocenters. The molecule has 1 saturated carbocycles. The highest BCUT2D eigenvalue weighted by atomic mass is 79.9. The van der Waals surface area contributed by atoms with Gasteiger partial charge in [0.05, 0.1) is 0 Å². The molecular weight excluding hydrogens is 384 g/mol. The average Bonchev–Trinajstić information content (AvgIpc) is 2.47. The van der Waals surface area contributed by atoms with Gasteiger partial charge in [0.1, 0.15) is 0 Å². The van der Waals surface area contributed by atoms with Crippen LogP contribution in [0, 0.1) is 5.92 Å². The lowest BCUT2D eigenvalue weighted by atomic mass is 9.85. The summed E-state index contributed by atoms with van der Waals surface area (Å²) in [5.74, 6) is 0.284. The van der Waals surface area contributed by atoms with E-state index in [1.807, 2.05) is 12.1 Å². The minimum absolute atomic E-state index is 0. The molecule has 1 aliphatic rings. The maximum atomic E-state index is 12.2. The number of halogens is 2. The van der Waals surface area contributed by atoms with Crippen LogP contribution in [0.2, 0.25) is 0 Å². The molecule has 6 heteroatoms. The Morgan fingerprint density at radius 3 is 2.73 bits per heavy atom. The van der Waals surface area contributed by atoms with Crippen LogP contribution in [0.4, 0.5) is 0 Å². The molecule has 1 amide bonds. The van der Waals surface area contributed by atoms with E-state index >= 15 is 0 Å². The van der Waals surface area contributed by atoms with Crippen molar-refractivity contribution >= 4 is 46.0 Å². The largest absolute Gasteiger partial charge is 0.355 e. The number of rotatable bonds is 5. The van der Waals surface area contributed by atoms with Crippen LogP contribution in [-0.2, 0) is 4.79 Å². The van der Waals surface area contributed by atoms with Crippen LogP contribution in [0.5, 0.6) is 0 Å². The second-order valence-corrected chi connectivity index (χ2v) is 8.18. The number of hydrogen-bond acceptors (Lipinski definition) is 3. The van der Waals surface area contributed by atoms with Crippen molar-refractivity contribution in [3.8, 4) is 0 Å². The van der Waals surface area contributed by atoms with E-state index in [2.05, 4.69) is 40.3 Å². The first kappa shape index (κ1) is 19.8. The number of carbonyl (C=O) groups is 1. The highest BCUT2D eigenvalue weighted by molar-refractivity contribution is 9.10. The number of carbonyl (C=O) groups excluding carboxylic acids is 1. The van der Waals surface area contributed by atoms with Gasteiger partial charge in [-0.25, -0.2) is 0 Å². The number of nitrogens with two attached hydrogens (primary N) is 1. The van der Waals surface area contributed by atoms with Crippen LogP contribution in [0.25, 0.3) is 0 Å². The van der Waals surface area contributed by atoms with Crippen molar-refractivity contribution < 1.29 is 4.79 Å². The Bertz CT molecular complexity index is 472. The quantitative estimate of drug-likeness (QED) is 0.726. The van der Waals surface area contributed by atoms with Gasteiger partial charge in [0.2, 0.25) is 5.91 Å². The molecule has 0 radical (unpaired) electrons. The molecule has 1 aromatic carbocycles. The van der Waals surface area contributed by atoms with E-state index in [9.17, 15) is 4.79 Å². The van der Waals surface area contributed by atoms with Gasteiger partial charge >= 0.3 is 0 Å². The normalized spacial score (nSPS) is 22.5. The monoisotopic (exact) mass is 406 g/mol. The molecule has 0 spiro atoms. The van der Waals surface area contributed by atoms with Gasteiger partial charge in [-0.2, -0.15) is 0 Å². The van der Waals surface area contributed by atoms with Crippen molar-refractivity contribution in [3.63, 3.8) is 0 Å². The third-order valence-electron chi connectivity index (χ3n) is 3.80. The molecule has 3 unspecified atom stereocenters. The number of amides is 1. The molecule has 3 nitrogen and oxygen atoms in total. The molecule has 0 saturated heterocycles. The van der Waals surface area contributed by atoms with Crippen molar-refractivity contribution in [3.05, 3.63) is 28.7 Å². The summed E-state index contributed by atoms with van der Waals surface area (Å²) < 4.78 is 1.08. The Balaban J connectivity index is 0.00000242. The van der Waals surface area contributed by atoms with Crippen LogP contribution in [-0.4, -0.2) is 23.7 Å². The number of thioether (sulfide) groups is 1. The maximum Gasteiger partial charge on any atom is 0.223 e. The lowest BCUT2D eigenvalue weighted by molar-refractivity contribution is -0.126.